The molecule has 1 aliphatic heterocycles. The monoisotopic (exact) mass is 243 g/mol. The molecule has 1 atom stereocenters. The minimum Gasteiger partial charge on any atom is -0.486 e. The van der Waals surface area contributed by atoms with Gasteiger partial charge in [-0.3, -0.25) is 0 Å². The van der Waals surface area contributed by atoms with E-state index in [1.165, 1.54) is 5.56 Å². The van der Waals surface area contributed by atoms with E-state index in [0.717, 1.165) is 30.9 Å². The Morgan fingerprint density at radius 3 is 2.89 bits per heavy atom. The van der Waals surface area contributed by atoms with Gasteiger partial charge in [-0.1, -0.05) is 17.7 Å². The molecule has 2 heterocycles. The highest BCUT2D eigenvalue weighted by molar-refractivity contribution is 5.34. The largest absolute Gasteiger partial charge is 0.486 e. The van der Waals surface area contributed by atoms with Crippen molar-refractivity contribution in [2.24, 2.45) is 0 Å². The van der Waals surface area contributed by atoms with E-state index in [-0.39, 0.29) is 6.10 Å². The van der Waals surface area contributed by atoms with E-state index < -0.39 is 0 Å². The van der Waals surface area contributed by atoms with Crippen LogP contribution in [0.1, 0.15) is 12.0 Å². The SMILES string of the molecule is Cc1ccc(-n2cc(OC3CCNC3)cn2)cc1. The third-order valence-corrected chi connectivity index (χ3v) is 3.18. The second-order valence-electron chi connectivity index (χ2n) is 4.69. The highest BCUT2D eigenvalue weighted by atomic mass is 16.5. The summed E-state index contributed by atoms with van der Waals surface area (Å²) in [6.07, 6.45) is 5.05. The normalized spacial score (nSPS) is 19.1. The van der Waals surface area contributed by atoms with Crippen molar-refractivity contribution in [1.82, 2.24) is 15.1 Å². The molecule has 3 rings (SSSR count). The minimum absolute atomic E-state index is 0.278. The summed E-state index contributed by atoms with van der Waals surface area (Å²) < 4.78 is 7.70. The van der Waals surface area contributed by atoms with Crippen LogP contribution in [0.3, 0.4) is 0 Å². The Balaban J connectivity index is 1.74. The Kier molecular flexibility index (Phi) is 3.02. The van der Waals surface area contributed by atoms with Crippen LogP contribution in [0.25, 0.3) is 5.69 Å². The molecule has 2 aromatic rings. The number of rotatable bonds is 3. The van der Waals surface area contributed by atoms with E-state index in [1.54, 1.807) is 6.20 Å². The van der Waals surface area contributed by atoms with Crippen LogP contribution < -0.4 is 10.1 Å². The Bertz CT molecular complexity index is 512. The molecule has 94 valence electrons. The van der Waals surface area contributed by atoms with Gasteiger partial charge >= 0.3 is 0 Å². The summed E-state index contributed by atoms with van der Waals surface area (Å²) >= 11 is 0. The number of hydrogen-bond acceptors (Lipinski definition) is 3. The molecule has 0 radical (unpaired) electrons. The van der Waals surface area contributed by atoms with Gasteiger partial charge in [0.25, 0.3) is 0 Å². The molecule has 1 aliphatic rings. The molecule has 1 aromatic carbocycles. The van der Waals surface area contributed by atoms with Gasteiger partial charge in [-0.2, -0.15) is 5.10 Å². The van der Waals surface area contributed by atoms with Crippen LogP contribution in [-0.2, 0) is 0 Å². The fraction of sp³-hybridized carbons (Fsp3) is 0.357. The van der Waals surface area contributed by atoms with Crippen molar-refractivity contribution < 1.29 is 4.74 Å². The third-order valence-electron chi connectivity index (χ3n) is 3.18. The van der Waals surface area contributed by atoms with Crippen LogP contribution in [0.5, 0.6) is 5.75 Å². The quantitative estimate of drug-likeness (QED) is 0.895. The van der Waals surface area contributed by atoms with Crippen LogP contribution in [0.2, 0.25) is 0 Å². The number of nitrogens with zero attached hydrogens (tertiary/aromatic N) is 2. The lowest BCUT2D eigenvalue weighted by Gasteiger charge is -2.09. The first-order valence-electron chi connectivity index (χ1n) is 6.30. The predicted octanol–water partition coefficient (Wildman–Crippen LogP) is 1.92. The highest BCUT2D eigenvalue weighted by Gasteiger charge is 2.16. The molecular weight excluding hydrogens is 226 g/mol. The lowest BCUT2D eigenvalue weighted by Crippen LogP contribution is -2.19. The molecule has 18 heavy (non-hydrogen) atoms. The maximum atomic E-state index is 5.86. The fourth-order valence-corrected chi connectivity index (χ4v) is 2.13. The minimum atomic E-state index is 0.278. The predicted molar refractivity (Wildman–Crippen MR) is 70.2 cm³/mol. The molecule has 1 aromatic heterocycles. The number of hydrogen-bond donors (Lipinski definition) is 1. The van der Waals surface area contributed by atoms with E-state index in [4.69, 9.17) is 4.74 Å². The first-order valence-corrected chi connectivity index (χ1v) is 6.30. The molecule has 0 saturated carbocycles. The first-order chi connectivity index (χ1) is 8.81. The average molecular weight is 243 g/mol. The van der Waals surface area contributed by atoms with Gasteiger partial charge in [-0.15, -0.1) is 0 Å². The van der Waals surface area contributed by atoms with E-state index >= 15 is 0 Å². The van der Waals surface area contributed by atoms with E-state index in [0.29, 0.717) is 0 Å². The molecule has 1 N–H and O–H groups in total. The summed E-state index contributed by atoms with van der Waals surface area (Å²) in [5, 5.41) is 7.61. The Labute approximate surface area is 107 Å². The van der Waals surface area contributed by atoms with Gasteiger partial charge in [-0.25, -0.2) is 4.68 Å². The van der Waals surface area contributed by atoms with Crippen molar-refractivity contribution in [3.05, 3.63) is 42.2 Å². The van der Waals surface area contributed by atoms with Crippen molar-refractivity contribution in [2.75, 3.05) is 13.1 Å². The Hall–Kier alpha value is -1.81. The Morgan fingerprint density at radius 2 is 2.17 bits per heavy atom. The standard InChI is InChI=1S/C14H17N3O/c1-11-2-4-12(5-3-11)17-10-14(9-16-17)18-13-6-7-15-8-13/h2-5,9-10,13,15H,6-8H2,1H3. The third kappa shape index (κ3) is 2.38. The molecule has 1 unspecified atom stereocenters. The van der Waals surface area contributed by atoms with Crippen molar-refractivity contribution in [1.29, 1.82) is 0 Å². The van der Waals surface area contributed by atoms with Crippen molar-refractivity contribution >= 4 is 0 Å². The van der Waals surface area contributed by atoms with E-state index in [2.05, 4.69) is 41.6 Å². The summed E-state index contributed by atoms with van der Waals surface area (Å²) in [4.78, 5) is 0. The second-order valence-corrected chi connectivity index (χ2v) is 4.69. The number of aromatic nitrogens is 2. The zero-order chi connectivity index (χ0) is 12.4. The van der Waals surface area contributed by atoms with Gasteiger partial charge in [0, 0.05) is 6.54 Å². The highest BCUT2D eigenvalue weighted by Crippen LogP contribution is 2.17. The second kappa shape index (κ2) is 4.82. The summed E-state index contributed by atoms with van der Waals surface area (Å²) in [6.45, 7) is 4.04. The molecule has 4 nitrogen and oxygen atoms in total. The molecule has 4 heteroatoms. The molecule has 1 fully saturated rings. The smallest absolute Gasteiger partial charge is 0.158 e. The summed E-state index contributed by atoms with van der Waals surface area (Å²) in [5.41, 5.74) is 2.31. The topological polar surface area (TPSA) is 39.1 Å². The van der Waals surface area contributed by atoms with Gasteiger partial charge < -0.3 is 10.1 Å². The Morgan fingerprint density at radius 1 is 1.33 bits per heavy atom. The van der Waals surface area contributed by atoms with Crippen molar-refractivity contribution in [3.63, 3.8) is 0 Å². The van der Waals surface area contributed by atoms with E-state index in [9.17, 15) is 0 Å². The van der Waals surface area contributed by atoms with Gasteiger partial charge in [0.05, 0.1) is 18.1 Å². The molecular formula is C14H17N3O. The van der Waals surface area contributed by atoms with Crippen molar-refractivity contribution in [3.8, 4) is 11.4 Å². The maximum absolute atomic E-state index is 5.86. The molecule has 0 bridgehead atoms. The van der Waals surface area contributed by atoms with Crippen LogP contribution in [0.4, 0.5) is 0 Å². The molecule has 0 spiro atoms. The molecule has 0 amide bonds. The van der Waals surface area contributed by atoms with Gasteiger partial charge in [0.15, 0.2) is 5.75 Å². The zero-order valence-electron chi connectivity index (χ0n) is 10.5. The fourth-order valence-electron chi connectivity index (χ4n) is 2.13. The number of ether oxygens (including phenoxy) is 1. The summed E-state index contributed by atoms with van der Waals surface area (Å²) in [5.74, 6) is 0.837. The zero-order valence-corrected chi connectivity index (χ0v) is 10.5. The van der Waals surface area contributed by atoms with Gasteiger partial charge in [-0.05, 0) is 32.0 Å². The van der Waals surface area contributed by atoms with Crippen LogP contribution in [0, 0.1) is 6.92 Å². The summed E-state index contributed by atoms with van der Waals surface area (Å²) in [7, 11) is 0. The van der Waals surface area contributed by atoms with Crippen LogP contribution in [-0.4, -0.2) is 29.0 Å². The first kappa shape index (κ1) is 11.3. The number of nitrogens with one attached hydrogen (secondary N) is 1. The number of aryl methyl sites for hydroxylation is 1. The van der Waals surface area contributed by atoms with Crippen LogP contribution in [0.15, 0.2) is 36.7 Å². The molecule has 0 aliphatic carbocycles. The average Bonchev–Trinajstić information content (AvgIpc) is 3.02. The van der Waals surface area contributed by atoms with Gasteiger partial charge in [0.2, 0.25) is 0 Å². The lowest BCUT2D eigenvalue weighted by molar-refractivity contribution is 0.223. The lowest BCUT2D eigenvalue weighted by atomic mass is 10.2. The van der Waals surface area contributed by atoms with Gasteiger partial charge in [0.1, 0.15) is 6.10 Å². The number of benzene rings is 1. The van der Waals surface area contributed by atoms with E-state index in [1.807, 2.05) is 10.9 Å². The summed E-state index contributed by atoms with van der Waals surface area (Å²) in [6, 6.07) is 8.28. The van der Waals surface area contributed by atoms with Crippen LogP contribution >= 0.6 is 0 Å². The molecule has 1 saturated heterocycles. The maximum Gasteiger partial charge on any atom is 0.158 e. The van der Waals surface area contributed by atoms with Crippen molar-refractivity contribution in [2.45, 2.75) is 19.4 Å².